The lowest BCUT2D eigenvalue weighted by molar-refractivity contribution is 0.102. The second-order valence-corrected chi connectivity index (χ2v) is 4.80. The molecule has 3 rings (SSSR count). The van der Waals surface area contributed by atoms with E-state index >= 15 is 0 Å². The fraction of sp³-hybridized carbons (Fsp3) is 0.0625. The molecule has 0 bridgehead atoms. The first-order valence-corrected chi connectivity index (χ1v) is 6.81. The third kappa shape index (κ3) is 4.97. The van der Waals surface area contributed by atoms with E-state index in [2.05, 4.69) is 15.4 Å². The molecule has 0 aliphatic carbocycles. The monoisotopic (exact) mass is 365 g/mol. The highest BCUT2D eigenvalue weighted by molar-refractivity contribution is 6.03. The van der Waals surface area contributed by atoms with Gasteiger partial charge in [0.2, 0.25) is 0 Å². The van der Waals surface area contributed by atoms with Crippen LogP contribution in [0.5, 0.6) is 0 Å². The van der Waals surface area contributed by atoms with Crippen molar-refractivity contribution in [2.75, 3.05) is 11.1 Å². The normalized spacial score (nSPS) is 9.50. The molecule has 0 radical (unpaired) electrons. The Balaban J connectivity index is 0.00000144. The highest BCUT2D eigenvalue weighted by Crippen LogP contribution is 2.10. The zero-order chi connectivity index (χ0) is 15.4. The number of carbonyl (C=O) groups is 1. The third-order valence-electron chi connectivity index (χ3n) is 3.11. The van der Waals surface area contributed by atoms with Crippen LogP contribution in [0.3, 0.4) is 0 Å². The van der Waals surface area contributed by atoms with Crippen molar-refractivity contribution < 1.29 is 4.79 Å². The number of hydrogen-bond donors (Lipinski definition) is 2. The summed E-state index contributed by atoms with van der Waals surface area (Å²) >= 11 is 0. The summed E-state index contributed by atoms with van der Waals surface area (Å²) in [6.07, 6.45) is 3.54. The molecule has 6 nitrogen and oxygen atoms in total. The standard InChI is InChI=1S/C16H15N5O.2ClH/c17-13-6-4-12(5-7-13)16(22)19-15-8-10-21(20-15)11-14-3-1-2-9-18-14;;/h1-10H,11,17H2,(H,19,20,22);2*1H. The molecule has 126 valence electrons. The van der Waals surface area contributed by atoms with Gasteiger partial charge < -0.3 is 11.1 Å². The number of nitrogens with zero attached hydrogens (tertiary/aromatic N) is 3. The van der Waals surface area contributed by atoms with E-state index in [4.69, 9.17) is 5.73 Å². The van der Waals surface area contributed by atoms with Crippen molar-refractivity contribution in [1.29, 1.82) is 0 Å². The lowest BCUT2D eigenvalue weighted by Gasteiger charge is -2.03. The van der Waals surface area contributed by atoms with Gasteiger partial charge in [0, 0.05) is 29.7 Å². The minimum absolute atomic E-state index is 0. The van der Waals surface area contributed by atoms with E-state index in [9.17, 15) is 4.79 Å². The summed E-state index contributed by atoms with van der Waals surface area (Å²) in [6, 6.07) is 14.2. The molecule has 0 saturated heterocycles. The summed E-state index contributed by atoms with van der Waals surface area (Å²) in [7, 11) is 0. The first-order valence-electron chi connectivity index (χ1n) is 6.81. The molecule has 2 heterocycles. The summed E-state index contributed by atoms with van der Waals surface area (Å²) in [5.74, 6) is 0.279. The van der Waals surface area contributed by atoms with Gasteiger partial charge in [-0.3, -0.25) is 14.5 Å². The van der Waals surface area contributed by atoms with Crippen LogP contribution in [-0.2, 0) is 6.54 Å². The quantitative estimate of drug-likeness (QED) is 0.695. The molecule has 1 amide bonds. The number of aromatic nitrogens is 3. The number of rotatable bonds is 4. The molecule has 0 fully saturated rings. The molecule has 2 aromatic heterocycles. The Morgan fingerprint density at radius 2 is 1.83 bits per heavy atom. The van der Waals surface area contributed by atoms with Gasteiger partial charge in [0.25, 0.3) is 5.91 Å². The number of nitrogens with one attached hydrogen (secondary N) is 1. The lowest BCUT2D eigenvalue weighted by atomic mass is 10.2. The van der Waals surface area contributed by atoms with Gasteiger partial charge in [-0.15, -0.1) is 24.8 Å². The van der Waals surface area contributed by atoms with Gasteiger partial charge in [0.05, 0.1) is 12.2 Å². The van der Waals surface area contributed by atoms with Gasteiger partial charge in [0.1, 0.15) is 0 Å². The Morgan fingerprint density at radius 1 is 1.08 bits per heavy atom. The van der Waals surface area contributed by atoms with E-state index in [1.807, 2.05) is 18.2 Å². The molecule has 24 heavy (non-hydrogen) atoms. The number of amides is 1. The second kappa shape index (κ2) is 8.90. The van der Waals surface area contributed by atoms with Crippen molar-refractivity contribution in [3.63, 3.8) is 0 Å². The Bertz CT molecular complexity index is 775. The van der Waals surface area contributed by atoms with Crippen LogP contribution in [0.15, 0.2) is 60.9 Å². The predicted octanol–water partition coefficient (Wildman–Crippen LogP) is 3.00. The van der Waals surface area contributed by atoms with Crippen LogP contribution in [0.1, 0.15) is 16.1 Å². The van der Waals surface area contributed by atoms with E-state index in [1.165, 1.54) is 0 Å². The summed E-state index contributed by atoms with van der Waals surface area (Å²) in [5, 5.41) is 7.06. The maximum Gasteiger partial charge on any atom is 0.256 e. The minimum atomic E-state index is -0.219. The fourth-order valence-corrected chi connectivity index (χ4v) is 2.00. The number of halogens is 2. The van der Waals surface area contributed by atoms with Crippen LogP contribution in [0.4, 0.5) is 11.5 Å². The topological polar surface area (TPSA) is 85.8 Å². The van der Waals surface area contributed by atoms with Gasteiger partial charge in [-0.2, -0.15) is 5.10 Å². The van der Waals surface area contributed by atoms with Crippen molar-refractivity contribution in [2.45, 2.75) is 6.54 Å². The largest absolute Gasteiger partial charge is 0.399 e. The Labute approximate surface area is 151 Å². The first-order chi connectivity index (χ1) is 10.7. The molecular formula is C16H17Cl2N5O. The molecule has 3 aromatic rings. The van der Waals surface area contributed by atoms with Crippen LogP contribution in [0.2, 0.25) is 0 Å². The lowest BCUT2D eigenvalue weighted by Crippen LogP contribution is -2.13. The maximum atomic E-state index is 12.1. The second-order valence-electron chi connectivity index (χ2n) is 4.80. The van der Waals surface area contributed by atoms with Crippen molar-refractivity contribution in [3.8, 4) is 0 Å². The zero-order valence-electron chi connectivity index (χ0n) is 12.6. The van der Waals surface area contributed by atoms with Gasteiger partial charge in [-0.05, 0) is 36.4 Å². The zero-order valence-corrected chi connectivity index (χ0v) is 14.3. The molecule has 0 atom stereocenters. The Hall–Kier alpha value is -2.57. The highest BCUT2D eigenvalue weighted by Gasteiger charge is 2.08. The summed E-state index contributed by atoms with van der Waals surface area (Å²) < 4.78 is 1.72. The molecule has 8 heteroatoms. The number of nitrogen functional groups attached to an aromatic ring is 1. The average molecular weight is 366 g/mol. The van der Waals surface area contributed by atoms with Crippen LogP contribution in [0.25, 0.3) is 0 Å². The van der Waals surface area contributed by atoms with Gasteiger partial charge >= 0.3 is 0 Å². The van der Waals surface area contributed by atoms with Crippen molar-refractivity contribution in [3.05, 3.63) is 72.2 Å². The SMILES string of the molecule is Cl.Cl.Nc1ccc(C(=O)Nc2ccn(Cc3ccccn3)n2)cc1. The van der Waals surface area contributed by atoms with Gasteiger partial charge in [0.15, 0.2) is 5.82 Å². The van der Waals surface area contributed by atoms with Gasteiger partial charge in [-0.1, -0.05) is 6.07 Å². The third-order valence-corrected chi connectivity index (χ3v) is 3.11. The van der Waals surface area contributed by atoms with Crippen LogP contribution >= 0.6 is 24.8 Å². The Morgan fingerprint density at radius 3 is 2.50 bits per heavy atom. The molecule has 3 N–H and O–H groups in total. The van der Waals surface area contributed by atoms with Crippen molar-refractivity contribution in [2.24, 2.45) is 0 Å². The molecule has 0 saturated carbocycles. The summed E-state index contributed by atoms with van der Waals surface area (Å²) in [4.78, 5) is 16.3. The molecule has 0 unspecified atom stereocenters. The summed E-state index contributed by atoms with van der Waals surface area (Å²) in [6.45, 7) is 0.554. The minimum Gasteiger partial charge on any atom is -0.399 e. The number of benzene rings is 1. The number of anilines is 2. The molecule has 1 aromatic carbocycles. The van der Waals surface area contributed by atoms with Crippen molar-refractivity contribution >= 4 is 42.2 Å². The number of hydrogen-bond acceptors (Lipinski definition) is 4. The van der Waals surface area contributed by atoms with Crippen LogP contribution in [0, 0.1) is 0 Å². The van der Waals surface area contributed by atoms with Crippen LogP contribution < -0.4 is 11.1 Å². The van der Waals surface area contributed by atoms with E-state index < -0.39 is 0 Å². The van der Waals surface area contributed by atoms with Crippen LogP contribution in [-0.4, -0.2) is 20.7 Å². The smallest absolute Gasteiger partial charge is 0.256 e. The maximum absolute atomic E-state index is 12.1. The van der Waals surface area contributed by atoms with Crippen molar-refractivity contribution in [1.82, 2.24) is 14.8 Å². The first kappa shape index (κ1) is 19.5. The molecule has 0 aliphatic rings. The number of carbonyl (C=O) groups excluding carboxylic acids is 1. The Kier molecular flexibility index (Phi) is 7.23. The van der Waals surface area contributed by atoms with E-state index in [0.717, 1.165) is 5.69 Å². The molecular weight excluding hydrogens is 349 g/mol. The van der Waals surface area contributed by atoms with E-state index in [0.29, 0.717) is 23.6 Å². The number of pyridine rings is 1. The summed E-state index contributed by atoms with van der Waals surface area (Å²) in [5.41, 5.74) is 7.66. The highest BCUT2D eigenvalue weighted by atomic mass is 35.5. The van der Waals surface area contributed by atoms with Gasteiger partial charge in [-0.25, -0.2) is 0 Å². The number of nitrogens with two attached hydrogens (primary N) is 1. The van der Waals surface area contributed by atoms with E-state index in [-0.39, 0.29) is 30.7 Å². The fourth-order valence-electron chi connectivity index (χ4n) is 2.00. The predicted molar refractivity (Wildman–Crippen MR) is 98.9 cm³/mol. The average Bonchev–Trinajstić information content (AvgIpc) is 2.96. The van der Waals surface area contributed by atoms with E-state index in [1.54, 1.807) is 47.4 Å². The molecule has 0 aliphatic heterocycles. The molecule has 0 spiro atoms.